The first-order valence-electron chi connectivity index (χ1n) is 9.46. The number of nitrogens with one attached hydrogen (secondary N) is 2. The minimum absolute atomic E-state index is 0.189. The predicted molar refractivity (Wildman–Crippen MR) is 117 cm³/mol. The fourth-order valence-electron chi connectivity index (χ4n) is 2.99. The van der Waals surface area contributed by atoms with Crippen LogP contribution in [0.1, 0.15) is 41.3 Å². The molecule has 1 amide bonds. The standard InChI is InChI=1S/C23H23FN2O3S/c1-15(2)20-9-4-5-10-22(20)25-23(27)17-7-6-8-18(13-17)26-30(28,29)19-12-11-16(3)21(24)14-19/h4-15,26H,1-3H3,(H,25,27). The number of carbonyl (C=O) groups is 1. The van der Waals surface area contributed by atoms with E-state index in [4.69, 9.17) is 0 Å². The molecule has 7 heteroatoms. The van der Waals surface area contributed by atoms with Gasteiger partial charge in [0.15, 0.2) is 0 Å². The minimum Gasteiger partial charge on any atom is -0.322 e. The summed E-state index contributed by atoms with van der Waals surface area (Å²) in [4.78, 5) is 12.5. The molecule has 0 saturated carbocycles. The topological polar surface area (TPSA) is 75.3 Å². The first-order chi connectivity index (χ1) is 14.2. The molecule has 0 unspecified atom stereocenters. The number of amides is 1. The van der Waals surface area contributed by atoms with Crippen LogP contribution in [0.2, 0.25) is 0 Å². The van der Waals surface area contributed by atoms with Crippen LogP contribution in [0.25, 0.3) is 0 Å². The number of benzene rings is 3. The van der Waals surface area contributed by atoms with E-state index in [-0.39, 0.29) is 22.4 Å². The summed E-state index contributed by atoms with van der Waals surface area (Å²) in [6, 6.07) is 17.4. The monoisotopic (exact) mass is 426 g/mol. The molecule has 0 aliphatic heterocycles. The highest BCUT2D eigenvalue weighted by atomic mass is 32.2. The second-order valence-electron chi connectivity index (χ2n) is 7.29. The average Bonchev–Trinajstić information content (AvgIpc) is 2.70. The maximum Gasteiger partial charge on any atom is 0.261 e. The molecule has 0 spiro atoms. The Labute approximate surface area is 176 Å². The summed E-state index contributed by atoms with van der Waals surface area (Å²) in [6.45, 7) is 5.63. The van der Waals surface area contributed by atoms with Crippen LogP contribution in [0.15, 0.2) is 71.6 Å². The number of anilines is 2. The minimum atomic E-state index is -3.99. The Hall–Kier alpha value is -3.19. The van der Waals surface area contributed by atoms with Crippen LogP contribution < -0.4 is 10.0 Å². The maximum absolute atomic E-state index is 13.8. The van der Waals surface area contributed by atoms with Crippen molar-refractivity contribution >= 4 is 27.3 Å². The molecule has 3 aromatic rings. The molecule has 30 heavy (non-hydrogen) atoms. The van der Waals surface area contributed by atoms with E-state index in [9.17, 15) is 17.6 Å². The number of carbonyl (C=O) groups excluding carboxylic acids is 1. The van der Waals surface area contributed by atoms with E-state index >= 15 is 0 Å². The summed E-state index contributed by atoms with van der Waals surface area (Å²) in [5.74, 6) is -0.727. The van der Waals surface area contributed by atoms with E-state index in [0.29, 0.717) is 16.8 Å². The zero-order valence-electron chi connectivity index (χ0n) is 16.9. The van der Waals surface area contributed by atoms with E-state index in [1.54, 1.807) is 19.1 Å². The van der Waals surface area contributed by atoms with E-state index in [2.05, 4.69) is 10.0 Å². The van der Waals surface area contributed by atoms with Gasteiger partial charge < -0.3 is 5.32 Å². The summed E-state index contributed by atoms with van der Waals surface area (Å²) in [6.07, 6.45) is 0. The van der Waals surface area contributed by atoms with Crippen molar-refractivity contribution in [2.45, 2.75) is 31.6 Å². The molecule has 0 fully saturated rings. The van der Waals surface area contributed by atoms with Crippen LogP contribution in [0.5, 0.6) is 0 Å². The summed E-state index contributed by atoms with van der Waals surface area (Å²) < 4.78 is 41.3. The van der Waals surface area contributed by atoms with E-state index in [1.165, 1.54) is 24.3 Å². The molecule has 0 saturated heterocycles. The number of rotatable bonds is 6. The Morgan fingerprint density at radius 2 is 1.70 bits per heavy atom. The third-order valence-corrected chi connectivity index (χ3v) is 6.04. The lowest BCUT2D eigenvalue weighted by atomic mass is 10.0. The number of halogens is 1. The molecule has 0 aliphatic carbocycles. The summed E-state index contributed by atoms with van der Waals surface area (Å²) in [5, 5.41) is 2.88. The highest BCUT2D eigenvalue weighted by Gasteiger charge is 2.17. The SMILES string of the molecule is Cc1ccc(S(=O)(=O)Nc2cccc(C(=O)Nc3ccccc3C(C)C)c2)cc1F. The Kier molecular flexibility index (Phi) is 6.22. The van der Waals surface area contributed by atoms with Gasteiger partial charge in [-0.1, -0.05) is 44.2 Å². The van der Waals surface area contributed by atoms with Crippen molar-refractivity contribution in [2.24, 2.45) is 0 Å². The summed E-state index contributed by atoms with van der Waals surface area (Å²) in [7, 11) is -3.99. The average molecular weight is 427 g/mol. The van der Waals surface area contributed by atoms with Gasteiger partial charge in [-0.15, -0.1) is 0 Å². The third-order valence-electron chi connectivity index (χ3n) is 4.66. The summed E-state index contributed by atoms with van der Waals surface area (Å²) in [5.41, 5.74) is 2.57. The van der Waals surface area contributed by atoms with Gasteiger partial charge in [-0.25, -0.2) is 12.8 Å². The maximum atomic E-state index is 13.8. The van der Waals surface area contributed by atoms with Gasteiger partial charge >= 0.3 is 0 Å². The van der Waals surface area contributed by atoms with Crippen LogP contribution in [0, 0.1) is 12.7 Å². The Morgan fingerprint density at radius 1 is 0.967 bits per heavy atom. The molecule has 5 nitrogen and oxygen atoms in total. The van der Waals surface area contributed by atoms with Gasteiger partial charge in [0, 0.05) is 16.9 Å². The Balaban J connectivity index is 1.82. The van der Waals surface area contributed by atoms with E-state index in [0.717, 1.165) is 11.6 Å². The molecule has 0 aliphatic rings. The van der Waals surface area contributed by atoms with Crippen molar-refractivity contribution in [3.05, 3.63) is 89.2 Å². The second kappa shape index (κ2) is 8.67. The fraction of sp³-hybridized carbons (Fsp3) is 0.174. The van der Waals surface area contributed by atoms with Gasteiger partial charge in [0.25, 0.3) is 15.9 Å². The Bertz CT molecular complexity index is 1190. The molecule has 0 aromatic heterocycles. The van der Waals surface area contributed by atoms with Crippen molar-refractivity contribution in [3.63, 3.8) is 0 Å². The van der Waals surface area contributed by atoms with Crippen LogP contribution in [0.3, 0.4) is 0 Å². The van der Waals surface area contributed by atoms with Crippen molar-refractivity contribution in [1.29, 1.82) is 0 Å². The van der Waals surface area contributed by atoms with Gasteiger partial charge in [0.1, 0.15) is 5.82 Å². The lowest BCUT2D eigenvalue weighted by Gasteiger charge is -2.14. The lowest BCUT2D eigenvalue weighted by molar-refractivity contribution is 0.102. The van der Waals surface area contributed by atoms with Crippen molar-refractivity contribution < 1.29 is 17.6 Å². The molecule has 3 rings (SSSR count). The quantitative estimate of drug-likeness (QED) is 0.561. The smallest absolute Gasteiger partial charge is 0.261 e. The molecule has 3 aromatic carbocycles. The van der Waals surface area contributed by atoms with Crippen molar-refractivity contribution in [1.82, 2.24) is 0 Å². The van der Waals surface area contributed by atoms with Gasteiger partial charge in [0.2, 0.25) is 0 Å². The molecule has 0 bridgehead atoms. The second-order valence-corrected chi connectivity index (χ2v) is 8.98. The Morgan fingerprint density at radius 3 is 2.40 bits per heavy atom. The van der Waals surface area contributed by atoms with Gasteiger partial charge in [-0.05, 0) is 60.4 Å². The molecule has 2 N–H and O–H groups in total. The third kappa shape index (κ3) is 4.86. The number of aryl methyl sites for hydroxylation is 1. The van der Waals surface area contributed by atoms with E-state index in [1.807, 2.05) is 38.1 Å². The van der Waals surface area contributed by atoms with Crippen LogP contribution >= 0.6 is 0 Å². The first kappa shape index (κ1) is 21.5. The molecule has 156 valence electrons. The number of para-hydroxylation sites is 1. The molecule has 0 radical (unpaired) electrons. The van der Waals surface area contributed by atoms with Gasteiger partial charge in [-0.3, -0.25) is 9.52 Å². The summed E-state index contributed by atoms with van der Waals surface area (Å²) >= 11 is 0. The molecular weight excluding hydrogens is 403 g/mol. The molecule has 0 atom stereocenters. The zero-order valence-corrected chi connectivity index (χ0v) is 17.8. The van der Waals surface area contributed by atoms with Crippen molar-refractivity contribution in [3.8, 4) is 0 Å². The fourth-order valence-corrected chi connectivity index (χ4v) is 4.05. The number of sulfonamides is 1. The highest BCUT2D eigenvalue weighted by molar-refractivity contribution is 7.92. The zero-order chi connectivity index (χ0) is 21.9. The van der Waals surface area contributed by atoms with Crippen LogP contribution in [-0.2, 0) is 10.0 Å². The van der Waals surface area contributed by atoms with Crippen LogP contribution in [0.4, 0.5) is 15.8 Å². The first-order valence-corrected chi connectivity index (χ1v) is 10.9. The largest absolute Gasteiger partial charge is 0.322 e. The normalized spacial score (nSPS) is 11.4. The lowest BCUT2D eigenvalue weighted by Crippen LogP contribution is -2.16. The van der Waals surface area contributed by atoms with Crippen molar-refractivity contribution in [2.75, 3.05) is 10.0 Å². The molecule has 0 heterocycles. The highest BCUT2D eigenvalue weighted by Crippen LogP contribution is 2.25. The van der Waals surface area contributed by atoms with Gasteiger partial charge in [0.05, 0.1) is 4.90 Å². The molecular formula is C23H23FN2O3S. The number of hydrogen-bond acceptors (Lipinski definition) is 3. The van der Waals surface area contributed by atoms with E-state index < -0.39 is 15.8 Å². The number of hydrogen-bond donors (Lipinski definition) is 2. The van der Waals surface area contributed by atoms with Gasteiger partial charge in [-0.2, -0.15) is 0 Å². The van der Waals surface area contributed by atoms with Crippen LogP contribution in [-0.4, -0.2) is 14.3 Å². The predicted octanol–water partition coefficient (Wildman–Crippen LogP) is 5.31.